The summed E-state index contributed by atoms with van der Waals surface area (Å²) in [7, 11) is 1.04. The minimum absolute atomic E-state index is 0.676. The molecule has 0 N–H and O–H groups in total. The number of ether oxygens (including phenoxy) is 2. The zero-order valence-corrected chi connectivity index (χ0v) is 11.6. The topological polar surface area (TPSA) is 55.8 Å². The Morgan fingerprint density at radius 1 is 1.30 bits per heavy atom. The van der Waals surface area contributed by atoms with Crippen LogP contribution in [0.3, 0.4) is 0 Å². The fraction of sp³-hybridized carbons (Fsp3) is 0.667. The second-order valence-corrected chi connectivity index (χ2v) is 5.27. The molecule has 0 saturated heterocycles. The summed E-state index contributed by atoms with van der Waals surface area (Å²) in [4.78, 5) is 24.0. The van der Waals surface area contributed by atoms with Crippen LogP contribution >= 0.6 is 0 Å². The van der Waals surface area contributed by atoms with Crippen LogP contribution in [-0.2, 0) is 14.3 Å². The van der Waals surface area contributed by atoms with Gasteiger partial charge in [-0.15, -0.1) is 0 Å². The Labute approximate surface area is 114 Å². The highest BCUT2D eigenvalue weighted by molar-refractivity contribution is 5.85. The summed E-state index contributed by atoms with van der Waals surface area (Å²) in [6.45, 7) is 3.99. The number of hydrogen-bond donors (Lipinski definition) is 0. The maximum Gasteiger partial charge on any atom is 0.414 e. The van der Waals surface area contributed by atoms with Crippen LogP contribution in [0.15, 0.2) is 11.6 Å². The SMILES string of the molecule is COC(=O)[C@H]1C=C(C(F)(F)F)CN1C(=O)OC(C)(C)C. The summed E-state index contributed by atoms with van der Waals surface area (Å²) < 4.78 is 47.4. The molecule has 20 heavy (non-hydrogen) atoms. The third-order valence-electron chi connectivity index (χ3n) is 2.47. The quantitative estimate of drug-likeness (QED) is 0.550. The van der Waals surface area contributed by atoms with E-state index in [2.05, 4.69) is 4.74 Å². The van der Waals surface area contributed by atoms with Crippen molar-refractivity contribution in [1.82, 2.24) is 4.90 Å². The Morgan fingerprint density at radius 3 is 2.25 bits per heavy atom. The smallest absolute Gasteiger partial charge is 0.414 e. The van der Waals surface area contributed by atoms with E-state index in [0.717, 1.165) is 7.11 Å². The molecule has 0 unspecified atom stereocenters. The molecule has 0 aromatic carbocycles. The molecule has 1 heterocycles. The molecule has 5 nitrogen and oxygen atoms in total. The second kappa shape index (κ2) is 5.34. The van der Waals surface area contributed by atoms with Gasteiger partial charge in [0, 0.05) is 0 Å². The highest BCUT2D eigenvalue weighted by atomic mass is 19.4. The third kappa shape index (κ3) is 3.88. The van der Waals surface area contributed by atoms with Gasteiger partial charge in [-0.3, -0.25) is 4.90 Å². The molecule has 0 aromatic rings. The summed E-state index contributed by atoms with van der Waals surface area (Å²) in [5, 5.41) is 0. The maximum atomic E-state index is 12.7. The van der Waals surface area contributed by atoms with E-state index in [4.69, 9.17) is 4.74 Å². The summed E-state index contributed by atoms with van der Waals surface area (Å²) in [5.74, 6) is -0.949. The van der Waals surface area contributed by atoms with E-state index in [0.29, 0.717) is 11.0 Å². The maximum absolute atomic E-state index is 12.7. The van der Waals surface area contributed by atoms with E-state index in [-0.39, 0.29) is 0 Å². The van der Waals surface area contributed by atoms with Gasteiger partial charge in [0.25, 0.3) is 0 Å². The van der Waals surface area contributed by atoms with Gasteiger partial charge in [0.15, 0.2) is 6.04 Å². The molecule has 1 aliphatic rings. The molecule has 0 radical (unpaired) electrons. The number of nitrogens with zero attached hydrogens (tertiary/aromatic N) is 1. The molecule has 8 heteroatoms. The van der Waals surface area contributed by atoms with Gasteiger partial charge in [0.1, 0.15) is 5.60 Å². The van der Waals surface area contributed by atoms with Crippen molar-refractivity contribution in [3.05, 3.63) is 11.6 Å². The summed E-state index contributed by atoms with van der Waals surface area (Å²) in [5.41, 5.74) is -1.85. The van der Waals surface area contributed by atoms with Gasteiger partial charge in [-0.1, -0.05) is 0 Å². The Bertz CT molecular complexity index is 437. The number of amides is 1. The number of rotatable bonds is 1. The molecular weight excluding hydrogens is 279 g/mol. The average molecular weight is 295 g/mol. The molecule has 0 bridgehead atoms. The molecule has 1 aliphatic heterocycles. The Morgan fingerprint density at radius 2 is 1.85 bits per heavy atom. The van der Waals surface area contributed by atoms with Crippen LogP contribution < -0.4 is 0 Å². The lowest BCUT2D eigenvalue weighted by Gasteiger charge is -2.27. The van der Waals surface area contributed by atoms with E-state index >= 15 is 0 Å². The number of carbonyl (C=O) groups excluding carboxylic acids is 2. The molecular formula is C12H16F3NO4. The Balaban J connectivity index is 2.97. The van der Waals surface area contributed by atoms with Crippen molar-refractivity contribution >= 4 is 12.1 Å². The number of halogens is 3. The lowest BCUT2D eigenvalue weighted by molar-refractivity contribution is -0.144. The fourth-order valence-corrected chi connectivity index (χ4v) is 1.61. The van der Waals surface area contributed by atoms with Gasteiger partial charge >= 0.3 is 18.2 Å². The second-order valence-electron chi connectivity index (χ2n) is 5.27. The van der Waals surface area contributed by atoms with Crippen LogP contribution in [0.25, 0.3) is 0 Å². The number of hydrogen-bond acceptors (Lipinski definition) is 4. The van der Waals surface area contributed by atoms with Crippen LogP contribution in [0.1, 0.15) is 20.8 Å². The number of alkyl halides is 3. The molecule has 0 fully saturated rings. The van der Waals surface area contributed by atoms with Crippen molar-refractivity contribution in [3.8, 4) is 0 Å². The lowest BCUT2D eigenvalue weighted by atomic mass is 10.2. The van der Waals surface area contributed by atoms with Gasteiger partial charge in [-0.2, -0.15) is 13.2 Å². The highest BCUT2D eigenvalue weighted by Crippen LogP contribution is 2.32. The van der Waals surface area contributed by atoms with Gasteiger partial charge in [0.2, 0.25) is 0 Å². The minimum atomic E-state index is -4.61. The van der Waals surface area contributed by atoms with E-state index in [1.54, 1.807) is 20.8 Å². The predicted molar refractivity (Wildman–Crippen MR) is 62.9 cm³/mol. The van der Waals surface area contributed by atoms with E-state index in [9.17, 15) is 22.8 Å². The molecule has 1 rings (SSSR count). The van der Waals surface area contributed by atoms with E-state index < -0.39 is 42.0 Å². The monoisotopic (exact) mass is 295 g/mol. The Kier molecular flexibility index (Phi) is 4.36. The van der Waals surface area contributed by atoms with E-state index in [1.165, 1.54) is 0 Å². The molecule has 1 amide bonds. The zero-order valence-electron chi connectivity index (χ0n) is 11.6. The van der Waals surface area contributed by atoms with Gasteiger partial charge < -0.3 is 9.47 Å². The fourth-order valence-electron chi connectivity index (χ4n) is 1.61. The largest absolute Gasteiger partial charge is 0.467 e. The van der Waals surface area contributed by atoms with Crippen LogP contribution in [0.5, 0.6) is 0 Å². The lowest BCUT2D eigenvalue weighted by Crippen LogP contribution is -2.44. The third-order valence-corrected chi connectivity index (χ3v) is 2.47. The number of esters is 1. The van der Waals surface area contributed by atoms with Crippen molar-refractivity contribution in [2.75, 3.05) is 13.7 Å². The standard InChI is InChI=1S/C12H16F3NO4/c1-11(2,3)20-10(18)16-6-7(12(13,14)15)5-8(16)9(17)19-4/h5,8H,6H2,1-4H3/t8-/m1/s1. The average Bonchev–Trinajstić information content (AvgIpc) is 2.69. The molecule has 1 atom stereocenters. The van der Waals surface area contributed by atoms with Crippen LogP contribution in [-0.4, -0.2) is 48.4 Å². The van der Waals surface area contributed by atoms with Gasteiger partial charge in [-0.05, 0) is 26.8 Å². The molecule has 114 valence electrons. The van der Waals surface area contributed by atoms with Gasteiger partial charge in [-0.25, -0.2) is 9.59 Å². The number of carbonyl (C=O) groups is 2. The Hall–Kier alpha value is -1.73. The van der Waals surface area contributed by atoms with Crippen LogP contribution in [0, 0.1) is 0 Å². The first kappa shape index (κ1) is 16.3. The van der Waals surface area contributed by atoms with Crippen molar-refractivity contribution in [3.63, 3.8) is 0 Å². The first-order valence-corrected chi connectivity index (χ1v) is 5.81. The number of methoxy groups -OCH3 is 1. The van der Waals surface area contributed by atoms with Crippen molar-refractivity contribution in [2.24, 2.45) is 0 Å². The van der Waals surface area contributed by atoms with Crippen molar-refractivity contribution in [1.29, 1.82) is 0 Å². The van der Waals surface area contributed by atoms with E-state index in [1.807, 2.05) is 0 Å². The van der Waals surface area contributed by atoms with Gasteiger partial charge in [0.05, 0.1) is 19.2 Å². The summed E-state index contributed by atoms with van der Waals surface area (Å²) in [6.07, 6.45) is -4.93. The van der Waals surface area contributed by atoms with Crippen LogP contribution in [0.4, 0.5) is 18.0 Å². The first-order valence-electron chi connectivity index (χ1n) is 5.81. The van der Waals surface area contributed by atoms with Crippen molar-refractivity contribution in [2.45, 2.75) is 38.6 Å². The summed E-state index contributed by atoms with van der Waals surface area (Å²) in [6, 6.07) is -1.42. The molecule has 0 aliphatic carbocycles. The molecule has 0 spiro atoms. The molecule has 0 saturated carbocycles. The van der Waals surface area contributed by atoms with Crippen molar-refractivity contribution < 1.29 is 32.2 Å². The van der Waals surface area contributed by atoms with Crippen LogP contribution in [0.2, 0.25) is 0 Å². The molecule has 0 aromatic heterocycles. The predicted octanol–water partition coefficient (Wildman–Crippen LogP) is 2.27. The summed E-state index contributed by atoms with van der Waals surface area (Å²) >= 11 is 0. The normalized spacial score (nSPS) is 19.6. The minimum Gasteiger partial charge on any atom is -0.467 e. The first-order chi connectivity index (χ1) is 8.95. The highest BCUT2D eigenvalue weighted by Gasteiger charge is 2.45. The zero-order chi connectivity index (χ0) is 15.7.